The van der Waals surface area contributed by atoms with Gasteiger partial charge in [-0.05, 0) is 62.3 Å². The molecule has 28 heavy (non-hydrogen) atoms. The van der Waals surface area contributed by atoms with E-state index in [0.717, 1.165) is 47.6 Å². The molecule has 2 aromatic carbocycles. The molecule has 0 saturated heterocycles. The van der Waals surface area contributed by atoms with E-state index in [1.807, 2.05) is 6.92 Å². The number of fused-ring (bicyclic) bond motifs is 3. The fourth-order valence-electron chi connectivity index (χ4n) is 4.35. The summed E-state index contributed by atoms with van der Waals surface area (Å²) in [5.41, 5.74) is 4.44. The van der Waals surface area contributed by atoms with Gasteiger partial charge in [-0.2, -0.15) is 0 Å². The number of hydrogen-bond acceptors (Lipinski definition) is 5. The lowest BCUT2D eigenvalue weighted by Crippen LogP contribution is -2.34. The van der Waals surface area contributed by atoms with Crippen LogP contribution in [0, 0.1) is 0 Å². The van der Waals surface area contributed by atoms with E-state index in [2.05, 4.69) is 42.7 Å². The number of methoxy groups -OCH3 is 1. The molecule has 5 heteroatoms. The third-order valence-corrected chi connectivity index (χ3v) is 6.48. The van der Waals surface area contributed by atoms with Crippen molar-refractivity contribution in [3.05, 3.63) is 53.1 Å². The molecule has 0 radical (unpaired) electrons. The van der Waals surface area contributed by atoms with Gasteiger partial charge in [0.15, 0.2) is 11.5 Å². The third-order valence-electron chi connectivity index (χ3n) is 5.73. The van der Waals surface area contributed by atoms with Crippen LogP contribution < -0.4 is 9.47 Å². The van der Waals surface area contributed by atoms with Crippen LogP contribution in [0.25, 0.3) is 0 Å². The van der Waals surface area contributed by atoms with E-state index in [0.29, 0.717) is 6.61 Å². The van der Waals surface area contributed by atoms with Crippen molar-refractivity contribution in [1.29, 1.82) is 0 Å². The summed E-state index contributed by atoms with van der Waals surface area (Å²) in [7, 11) is 1.67. The van der Waals surface area contributed by atoms with E-state index < -0.39 is 0 Å². The first kappa shape index (κ1) is 19.3. The smallest absolute Gasteiger partial charge is 0.161 e. The minimum atomic E-state index is -0.260. The van der Waals surface area contributed by atoms with Crippen LogP contribution in [-0.4, -0.2) is 42.9 Å². The van der Waals surface area contributed by atoms with Gasteiger partial charge < -0.3 is 14.6 Å². The number of thioether (sulfide) groups is 1. The van der Waals surface area contributed by atoms with E-state index in [1.54, 1.807) is 18.9 Å². The summed E-state index contributed by atoms with van der Waals surface area (Å²) in [6.45, 7) is 2.56. The first-order chi connectivity index (χ1) is 13.6. The predicted molar refractivity (Wildman–Crippen MR) is 114 cm³/mol. The van der Waals surface area contributed by atoms with Crippen LogP contribution in [0.3, 0.4) is 0 Å². The lowest BCUT2D eigenvalue weighted by atomic mass is 9.74. The van der Waals surface area contributed by atoms with Gasteiger partial charge >= 0.3 is 0 Å². The van der Waals surface area contributed by atoms with E-state index in [4.69, 9.17) is 14.5 Å². The maximum atomic E-state index is 10.3. The zero-order valence-corrected chi connectivity index (χ0v) is 17.5. The number of hydrogen-bond donors (Lipinski definition) is 1. The van der Waals surface area contributed by atoms with Crippen LogP contribution in [-0.2, 0) is 0 Å². The van der Waals surface area contributed by atoms with Crippen LogP contribution >= 0.6 is 11.8 Å². The van der Waals surface area contributed by atoms with Crippen molar-refractivity contribution < 1.29 is 14.6 Å². The number of ether oxygens (including phenoxy) is 2. The summed E-state index contributed by atoms with van der Waals surface area (Å²) in [6, 6.07) is 13.0. The zero-order chi connectivity index (χ0) is 19.7. The Hall–Kier alpha value is -1.98. The molecular weight excluding hydrogens is 370 g/mol. The molecule has 1 aliphatic heterocycles. The lowest BCUT2D eigenvalue weighted by molar-refractivity contribution is 0.111. The highest BCUT2D eigenvalue weighted by atomic mass is 32.2. The lowest BCUT2D eigenvalue weighted by Gasteiger charge is -2.37. The molecule has 0 aromatic heterocycles. The number of aliphatic imine (C=N–C) groups is 1. The summed E-state index contributed by atoms with van der Waals surface area (Å²) >= 11 is 1.74. The van der Waals surface area contributed by atoms with Gasteiger partial charge in [-0.1, -0.05) is 12.1 Å². The van der Waals surface area contributed by atoms with Crippen molar-refractivity contribution in [1.82, 2.24) is 0 Å². The minimum absolute atomic E-state index is 0.203. The normalized spacial score (nSPS) is 23.4. The summed E-state index contributed by atoms with van der Waals surface area (Å²) in [5.74, 6) is 1.71. The predicted octanol–water partition coefficient (Wildman–Crippen LogP) is 4.66. The highest BCUT2D eigenvalue weighted by Crippen LogP contribution is 2.45. The molecule has 2 aromatic rings. The van der Waals surface area contributed by atoms with Gasteiger partial charge in [0.25, 0.3) is 0 Å². The average molecular weight is 398 g/mol. The van der Waals surface area contributed by atoms with Gasteiger partial charge in [0.2, 0.25) is 0 Å². The van der Waals surface area contributed by atoms with Crippen molar-refractivity contribution in [2.75, 3.05) is 20.0 Å². The van der Waals surface area contributed by atoms with Crippen molar-refractivity contribution >= 4 is 17.5 Å². The zero-order valence-electron chi connectivity index (χ0n) is 16.6. The summed E-state index contributed by atoms with van der Waals surface area (Å²) in [6.07, 6.45) is 4.29. The Bertz CT molecular complexity index is 878. The van der Waals surface area contributed by atoms with Crippen LogP contribution in [0.5, 0.6) is 11.5 Å². The van der Waals surface area contributed by atoms with Crippen LogP contribution in [0.4, 0.5) is 0 Å². The maximum absolute atomic E-state index is 10.3. The van der Waals surface area contributed by atoms with Gasteiger partial charge in [0.05, 0.1) is 31.6 Å². The summed E-state index contributed by atoms with van der Waals surface area (Å²) in [5, 5.41) is 10.3. The molecule has 1 N–H and O–H groups in total. The Balaban J connectivity index is 1.85. The molecule has 3 atom stereocenters. The SMILES string of the molecule is CCOc1cc2c(cc1OC)C(c1ccc(SC)cc1)=NC1CC[C@@H](O)CC21. The van der Waals surface area contributed by atoms with Gasteiger partial charge in [-0.25, -0.2) is 0 Å². The van der Waals surface area contributed by atoms with Crippen LogP contribution in [0.1, 0.15) is 48.8 Å². The Morgan fingerprint density at radius 3 is 2.61 bits per heavy atom. The third kappa shape index (κ3) is 3.53. The summed E-state index contributed by atoms with van der Waals surface area (Å²) in [4.78, 5) is 6.40. The largest absolute Gasteiger partial charge is 0.493 e. The van der Waals surface area contributed by atoms with Gasteiger partial charge in [0, 0.05) is 21.9 Å². The number of rotatable bonds is 5. The van der Waals surface area contributed by atoms with Crippen molar-refractivity contribution in [3.63, 3.8) is 0 Å². The second-order valence-corrected chi connectivity index (χ2v) is 8.25. The van der Waals surface area contributed by atoms with Gasteiger partial charge in [0.1, 0.15) is 0 Å². The Kier molecular flexibility index (Phi) is 5.65. The van der Waals surface area contributed by atoms with E-state index in [9.17, 15) is 5.11 Å². The first-order valence-electron chi connectivity index (χ1n) is 9.90. The standard InChI is InChI=1S/C23H27NO3S/c1-4-27-22-12-17-18-11-15(25)7-10-20(18)24-23(19(17)13-21(22)26-2)14-5-8-16(28-3)9-6-14/h5-6,8-9,12-13,15,18,20,25H,4,7,10-11H2,1-3H3/t15-,18?,20?/m1/s1. The van der Waals surface area contributed by atoms with E-state index in [-0.39, 0.29) is 18.1 Å². The number of nitrogens with zero attached hydrogens (tertiary/aromatic N) is 1. The molecule has 0 bridgehead atoms. The van der Waals surface area contributed by atoms with E-state index in [1.165, 1.54) is 10.5 Å². The molecule has 1 saturated carbocycles. The Morgan fingerprint density at radius 1 is 1.14 bits per heavy atom. The molecule has 148 valence electrons. The first-order valence-corrected chi connectivity index (χ1v) is 11.1. The molecule has 2 unspecified atom stereocenters. The van der Waals surface area contributed by atoms with E-state index >= 15 is 0 Å². The number of aliphatic hydroxyl groups is 1. The Labute approximate surface area is 171 Å². The molecule has 0 amide bonds. The molecule has 0 spiro atoms. The second kappa shape index (κ2) is 8.18. The van der Waals surface area contributed by atoms with Crippen LogP contribution in [0.2, 0.25) is 0 Å². The molecule has 2 aliphatic rings. The number of benzene rings is 2. The van der Waals surface area contributed by atoms with Gasteiger partial charge in [-0.3, -0.25) is 4.99 Å². The monoisotopic (exact) mass is 397 g/mol. The average Bonchev–Trinajstić information content (AvgIpc) is 2.73. The molecule has 1 fully saturated rings. The minimum Gasteiger partial charge on any atom is -0.493 e. The fourth-order valence-corrected chi connectivity index (χ4v) is 4.76. The molecule has 4 nitrogen and oxygen atoms in total. The number of aliphatic hydroxyl groups excluding tert-OH is 1. The topological polar surface area (TPSA) is 51.0 Å². The van der Waals surface area contributed by atoms with Crippen molar-refractivity contribution in [2.45, 2.75) is 49.1 Å². The molecule has 1 aliphatic carbocycles. The highest BCUT2D eigenvalue weighted by molar-refractivity contribution is 7.98. The quantitative estimate of drug-likeness (QED) is 0.746. The van der Waals surface area contributed by atoms with Crippen molar-refractivity contribution in [2.24, 2.45) is 4.99 Å². The Morgan fingerprint density at radius 2 is 1.93 bits per heavy atom. The molecular formula is C23H27NO3S. The second-order valence-electron chi connectivity index (χ2n) is 7.37. The van der Waals surface area contributed by atoms with Crippen molar-refractivity contribution in [3.8, 4) is 11.5 Å². The maximum Gasteiger partial charge on any atom is 0.161 e. The summed E-state index contributed by atoms with van der Waals surface area (Å²) < 4.78 is 11.5. The molecule has 1 heterocycles. The van der Waals surface area contributed by atoms with Crippen LogP contribution in [0.15, 0.2) is 46.3 Å². The fraction of sp³-hybridized carbons (Fsp3) is 0.435. The van der Waals surface area contributed by atoms with Gasteiger partial charge in [-0.15, -0.1) is 11.8 Å². The highest BCUT2D eigenvalue weighted by Gasteiger charge is 2.37. The molecule has 4 rings (SSSR count).